The van der Waals surface area contributed by atoms with Crippen molar-refractivity contribution in [1.82, 2.24) is 0 Å². The molecule has 1 rings (SSSR count). The predicted molar refractivity (Wildman–Crippen MR) is 44.9 cm³/mol. The second-order valence-corrected chi connectivity index (χ2v) is 3.34. The summed E-state index contributed by atoms with van der Waals surface area (Å²) in [5.41, 5.74) is 0. The van der Waals surface area contributed by atoms with Crippen molar-refractivity contribution < 1.29 is 0 Å². The van der Waals surface area contributed by atoms with Gasteiger partial charge in [0.15, 0.2) is 0 Å². The van der Waals surface area contributed by atoms with Gasteiger partial charge < -0.3 is 0 Å². The number of thiol groups is 1. The molecule has 0 aromatic rings. The first kappa shape index (κ1) is 6.94. The quantitative estimate of drug-likeness (QED) is 0.532. The highest BCUT2D eigenvalue weighted by Gasteiger charge is 2.18. The Bertz CT molecular complexity index is 147. The van der Waals surface area contributed by atoms with Crippen molar-refractivity contribution in [2.24, 2.45) is 0 Å². The van der Waals surface area contributed by atoms with Crippen molar-refractivity contribution in [1.29, 1.82) is 0 Å². The van der Waals surface area contributed by atoms with Crippen LogP contribution >= 0.6 is 12.6 Å². The molecule has 0 aromatic carbocycles. The Labute approximate surface area is 62.1 Å². The Morgan fingerprint density at radius 1 is 1.56 bits per heavy atom. The van der Waals surface area contributed by atoms with Gasteiger partial charge in [0.05, 0.1) is 0 Å². The Kier molecular flexibility index (Phi) is 2.01. The summed E-state index contributed by atoms with van der Waals surface area (Å²) in [5, 5.41) is 0. The average molecular weight is 140 g/mol. The van der Waals surface area contributed by atoms with Gasteiger partial charge >= 0.3 is 0 Å². The SMILES string of the molecule is CCC1(S)C=CC=CC1. The van der Waals surface area contributed by atoms with E-state index in [0.717, 1.165) is 12.8 Å². The molecule has 0 fully saturated rings. The lowest BCUT2D eigenvalue weighted by molar-refractivity contribution is 0.694. The first-order chi connectivity index (χ1) is 4.27. The lowest BCUT2D eigenvalue weighted by Gasteiger charge is -2.22. The third kappa shape index (κ3) is 1.62. The highest BCUT2D eigenvalue weighted by atomic mass is 32.1. The van der Waals surface area contributed by atoms with Crippen LogP contribution in [0.3, 0.4) is 0 Å². The predicted octanol–water partition coefficient (Wildman–Crippen LogP) is 2.58. The van der Waals surface area contributed by atoms with Gasteiger partial charge in [-0.25, -0.2) is 0 Å². The molecule has 0 saturated carbocycles. The molecule has 0 saturated heterocycles. The van der Waals surface area contributed by atoms with Gasteiger partial charge in [-0.15, -0.1) is 0 Å². The lowest BCUT2D eigenvalue weighted by atomic mass is 9.97. The molecule has 0 aromatic heterocycles. The summed E-state index contributed by atoms with van der Waals surface area (Å²) in [7, 11) is 0. The van der Waals surface area contributed by atoms with Gasteiger partial charge in [0.2, 0.25) is 0 Å². The monoisotopic (exact) mass is 140 g/mol. The minimum Gasteiger partial charge on any atom is -0.168 e. The first-order valence-electron chi connectivity index (χ1n) is 3.33. The highest BCUT2D eigenvalue weighted by molar-refractivity contribution is 7.82. The van der Waals surface area contributed by atoms with Crippen LogP contribution in [0.1, 0.15) is 19.8 Å². The molecule has 50 valence electrons. The van der Waals surface area contributed by atoms with E-state index in [1.54, 1.807) is 0 Å². The van der Waals surface area contributed by atoms with Crippen molar-refractivity contribution in [2.45, 2.75) is 24.5 Å². The molecule has 0 bridgehead atoms. The van der Waals surface area contributed by atoms with Crippen LogP contribution in [-0.4, -0.2) is 4.75 Å². The van der Waals surface area contributed by atoms with E-state index in [9.17, 15) is 0 Å². The number of hydrogen-bond acceptors (Lipinski definition) is 1. The summed E-state index contributed by atoms with van der Waals surface area (Å²) in [5.74, 6) is 0. The van der Waals surface area contributed by atoms with E-state index >= 15 is 0 Å². The largest absolute Gasteiger partial charge is 0.168 e. The van der Waals surface area contributed by atoms with E-state index < -0.39 is 0 Å². The van der Waals surface area contributed by atoms with Gasteiger partial charge in [0.1, 0.15) is 0 Å². The summed E-state index contributed by atoms with van der Waals surface area (Å²) in [6.07, 6.45) is 10.6. The zero-order chi connectivity index (χ0) is 6.74. The third-order valence-electron chi connectivity index (χ3n) is 1.74. The molecular weight excluding hydrogens is 128 g/mol. The van der Waals surface area contributed by atoms with Crippen LogP contribution in [0, 0.1) is 0 Å². The van der Waals surface area contributed by atoms with Crippen LogP contribution in [0.4, 0.5) is 0 Å². The molecular formula is C8H12S. The van der Waals surface area contributed by atoms with Gasteiger partial charge in [0.25, 0.3) is 0 Å². The smallest absolute Gasteiger partial charge is 0.0343 e. The number of rotatable bonds is 1. The molecule has 0 spiro atoms. The van der Waals surface area contributed by atoms with Crippen LogP contribution in [0.5, 0.6) is 0 Å². The molecule has 1 aliphatic rings. The summed E-state index contributed by atoms with van der Waals surface area (Å²) in [6, 6.07) is 0. The second kappa shape index (κ2) is 2.61. The zero-order valence-corrected chi connectivity index (χ0v) is 6.57. The molecule has 1 heteroatoms. The fourth-order valence-corrected chi connectivity index (χ4v) is 1.11. The lowest BCUT2D eigenvalue weighted by Crippen LogP contribution is -2.16. The van der Waals surface area contributed by atoms with Crippen molar-refractivity contribution in [3.63, 3.8) is 0 Å². The highest BCUT2D eigenvalue weighted by Crippen LogP contribution is 2.27. The van der Waals surface area contributed by atoms with Crippen LogP contribution < -0.4 is 0 Å². The Balaban J connectivity index is 2.63. The summed E-state index contributed by atoms with van der Waals surface area (Å²) < 4.78 is 0.148. The average Bonchev–Trinajstić information content (AvgIpc) is 1.90. The van der Waals surface area contributed by atoms with E-state index in [1.807, 2.05) is 0 Å². The topological polar surface area (TPSA) is 0 Å². The van der Waals surface area contributed by atoms with Crippen LogP contribution in [-0.2, 0) is 0 Å². The fraction of sp³-hybridized carbons (Fsp3) is 0.500. The number of allylic oxidation sites excluding steroid dienone is 3. The van der Waals surface area contributed by atoms with Crippen molar-refractivity contribution >= 4 is 12.6 Å². The Morgan fingerprint density at radius 2 is 2.33 bits per heavy atom. The van der Waals surface area contributed by atoms with Crippen LogP contribution in [0.2, 0.25) is 0 Å². The minimum atomic E-state index is 0.148. The number of hydrogen-bond donors (Lipinski definition) is 1. The van der Waals surface area contributed by atoms with E-state index in [-0.39, 0.29) is 4.75 Å². The maximum absolute atomic E-state index is 4.51. The Morgan fingerprint density at radius 3 is 2.67 bits per heavy atom. The standard InChI is InChI=1S/C8H12S/c1-2-8(9)6-4-3-5-7-8/h3-6,9H,2,7H2,1H3. The maximum atomic E-state index is 4.51. The summed E-state index contributed by atoms with van der Waals surface area (Å²) in [6.45, 7) is 2.16. The summed E-state index contributed by atoms with van der Waals surface area (Å²) >= 11 is 4.51. The molecule has 1 unspecified atom stereocenters. The van der Waals surface area contributed by atoms with Crippen LogP contribution in [0.25, 0.3) is 0 Å². The third-order valence-corrected chi connectivity index (χ3v) is 2.39. The van der Waals surface area contributed by atoms with Gasteiger partial charge in [-0.2, -0.15) is 12.6 Å². The van der Waals surface area contributed by atoms with E-state index in [2.05, 4.69) is 43.9 Å². The first-order valence-corrected chi connectivity index (χ1v) is 3.78. The van der Waals surface area contributed by atoms with Crippen molar-refractivity contribution in [3.8, 4) is 0 Å². The molecule has 1 atom stereocenters. The molecule has 0 nitrogen and oxygen atoms in total. The molecule has 0 radical (unpaired) electrons. The van der Waals surface area contributed by atoms with Gasteiger partial charge in [-0.05, 0) is 12.8 Å². The Hall–Kier alpha value is -0.170. The molecule has 0 amide bonds. The second-order valence-electron chi connectivity index (χ2n) is 2.45. The molecule has 0 aliphatic heterocycles. The van der Waals surface area contributed by atoms with Crippen molar-refractivity contribution in [2.75, 3.05) is 0 Å². The zero-order valence-electron chi connectivity index (χ0n) is 5.67. The van der Waals surface area contributed by atoms with Gasteiger partial charge in [-0.3, -0.25) is 0 Å². The fourth-order valence-electron chi connectivity index (χ4n) is 0.916. The minimum absolute atomic E-state index is 0.148. The molecule has 1 aliphatic carbocycles. The van der Waals surface area contributed by atoms with Gasteiger partial charge in [0, 0.05) is 4.75 Å². The van der Waals surface area contributed by atoms with E-state index in [4.69, 9.17) is 0 Å². The normalized spacial score (nSPS) is 33.1. The van der Waals surface area contributed by atoms with Crippen molar-refractivity contribution in [3.05, 3.63) is 24.3 Å². The molecule has 0 N–H and O–H groups in total. The van der Waals surface area contributed by atoms with Crippen LogP contribution in [0.15, 0.2) is 24.3 Å². The molecule has 0 heterocycles. The maximum Gasteiger partial charge on any atom is 0.0343 e. The van der Waals surface area contributed by atoms with E-state index in [0.29, 0.717) is 0 Å². The van der Waals surface area contributed by atoms with E-state index in [1.165, 1.54) is 0 Å². The molecule has 9 heavy (non-hydrogen) atoms. The van der Waals surface area contributed by atoms with Gasteiger partial charge in [-0.1, -0.05) is 31.2 Å². The summed E-state index contributed by atoms with van der Waals surface area (Å²) in [4.78, 5) is 0.